The number of hydrogen-bond donors (Lipinski definition) is 0. The molecule has 1 aliphatic carbocycles. The minimum atomic E-state index is 0.749. The predicted octanol–water partition coefficient (Wildman–Crippen LogP) is 32.3. The summed E-state index contributed by atoms with van der Waals surface area (Å²) in [6.07, 6.45) is 19.6. The minimum absolute atomic E-state index is 0.749. The number of rotatable bonds is 14. The molecule has 1 fully saturated rings. The van der Waals surface area contributed by atoms with Gasteiger partial charge in [0.2, 0.25) is 34.2 Å². The summed E-state index contributed by atoms with van der Waals surface area (Å²) in [5.74, 6) is 0.749. The lowest BCUT2D eigenvalue weighted by Crippen LogP contribution is -2.30. The third kappa shape index (κ3) is 23.7. The van der Waals surface area contributed by atoms with Gasteiger partial charge in [0, 0.05) is 72.8 Å². The van der Waals surface area contributed by atoms with Crippen molar-refractivity contribution in [1.29, 1.82) is 0 Å². The Kier molecular flexibility index (Phi) is 33.7. The summed E-state index contributed by atoms with van der Waals surface area (Å²) < 4.78 is 13.2. The van der Waals surface area contributed by atoms with Crippen molar-refractivity contribution < 1.29 is 27.4 Å². The van der Waals surface area contributed by atoms with Gasteiger partial charge in [-0.05, 0) is 341 Å². The van der Waals surface area contributed by atoms with Crippen molar-refractivity contribution in [3.8, 4) is 145 Å². The van der Waals surface area contributed by atoms with E-state index in [4.69, 9.17) is 0 Å². The van der Waals surface area contributed by atoms with E-state index in [1.807, 2.05) is 0 Å². The highest BCUT2D eigenvalue weighted by molar-refractivity contribution is 5.92. The Morgan fingerprint density at radius 1 is 0.160 bits per heavy atom. The fourth-order valence-corrected chi connectivity index (χ4v) is 21.8. The first kappa shape index (κ1) is 103. The Morgan fingerprint density at radius 3 is 0.736 bits per heavy atom. The molecule has 0 amide bonds. The van der Waals surface area contributed by atoms with Crippen LogP contribution in [-0.2, 0) is 42.3 Å². The molecule has 0 atom stereocenters. The Morgan fingerprint density at radius 2 is 0.403 bits per heavy atom. The standard InChI is InChI=1S/C28H28N.C27H26N.C22H24N.2C21H22N.C19H24N/c1-19-12-14-23(15-13-19)24-17-21(3)27(22(4)18-24)25-10-8-9-20(2)28(25)26-11-6-7-16-29(26)5;1-19-11-13-22(14-12-19)23-15-16-24(21(3)18-23)25-9-7-8-20(2)27(25)26-10-5-6-17-28(26)4;1-15-13-17(3)21(18(4)14-15)19-10-8-9-16(2)22(19)20-11-6-7-12-23(20)5;1-15-9-7-10-16(2)20(15)18-12-8-11-17(3)21(18)19-13-5-6-14-22(19)4;1-15-11-12-18(17(3)14-15)19-9-7-8-16(2)21(19)20-10-5-6-13-22(20)4;1-15-9-8-12-17(16-10-4-3-5-11-16)19(15)18-13-6-7-14-20(18)2/h6-18H,1-5H3;5-18H,1-4H3;6-14H,1-5H3;2*5-14H,1-4H3;6-9,12-14,16H,3-5,10-11H2,1-2H3/q6*+1. The highest BCUT2D eigenvalue weighted by Crippen LogP contribution is 2.45. The molecule has 0 N–H and O–H groups in total. The summed E-state index contributed by atoms with van der Waals surface area (Å²) in [6.45, 7) is 39.5. The van der Waals surface area contributed by atoms with E-state index in [1.165, 1.54) is 278 Å². The molecule has 13 aromatic carbocycles. The van der Waals surface area contributed by atoms with E-state index in [0.29, 0.717) is 0 Å². The van der Waals surface area contributed by atoms with Gasteiger partial charge < -0.3 is 0 Å². The minimum Gasteiger partial charge on any atom is -0.201 e. The maximum atomic E-state index is 2.35. The summed E-state index contributed by atoms with van der Waals surface area (Å²) >= 11 is 0. The quantitative estimate of drug-likeness (QED) is 0.0969. The molecule has 6 heteroatoms. The van der Waals surface area contributed by atoms with Crippen molar-refractivity contribution in [2.75, 3.05) is 0 Å². The summed E-state index contributed by atoms with van der Waals surface area (Å²) in [6, 6.07) is 125. The lowest BCUT2D eigenvalue weighted by atomic mass is 9.80. The Hall–Kier alpha value is -15.2. The number of nitrogens with zero attached hydrogens (tertiary/aromatic N) is 6. The van der Waals surface area contributed by atoms with Crippen molar-refractivity contribution in [1.82, 2.24) is 0 Å². The molecule has 19 aromatic rings. The first-order valence-corrected chi connectivity index (χ1v) is 51.3. The van der Waals surface area contributed by atoms with E-state index in [2.05, 4.69) is 577 Å². The second-order valence-corrected chi connectivity index (χ2v) is 40.1. The van der Waals surface area contributed by atoms with Gasteiger partial charge in [-0.3, -0.25) is 0 Å². The second-order valence-electron chi connectivity index (χ2n) is 40.1. The third-order valence-electron chi connectivity index (χ3n) is 29.0. The molecular weight excluding hydrogens is 1740 g/mol. The van der Waals surface area contributed by atoms with Gasteiger partial charge in [-0.25, -0.2) is 27.4 Å². The van der Waals surface area contributed by atoms with Crippen molar-refractivity contribution in [2.45, 2.75) is 163 Å². The summed E-state index contributed by atoms with van der Waals surface area (Å²) in [7, 11) is 12.7. The Labute approximate surface area is 860 Å². The number of aromatic nitrogens is 6. The van der Waals surface area contributed by atoms with E-state index in [1.54, 1.807) is 5.56 Å². The van der Waals surface area contributed by atoms with Crippen molar-refractivity contribution in [3.63, 3.8) is 0 Å². The maximum Gasteiger partial charge on any atom is 0.213 e. The largest absolute Gasteiger partial charge is 0.213 e. The van der Waals surface area contributed by atoms with Gasteiger partial charge in [-0.1, -0.05) is 278 Å². The summed E-state index contributed by atoms with van der Waals surface area (Å²) in [5.41, 5.74) is 59.1. The van der Waals surface area contributed by atoms with Crippen LogP contribution in [0.15, 0.2) is 383 Å². The maximum absolute atomic E-state index is 2.35. The molecule has 1 saturated carbocycles. The molecule has 0 radical (unpaired) electrons. The molecular formula is C138H146N6+6. The van der Waals surface area contributed by atoms with Crippen LogP contribution in [0.1, 0.15) is 144 Å². The Bertz CT molecular complexity index is 7740. The van der Waals surface area contributed by atoms with Crippen molar-refractivity contribution in [2.24, 2.45) is 42.3 Å². The zero-order chi connectivity index (χ0) is 102. The Balaban J connectivity index is 0.000000131. The molecule has 0 saturated heterocycles. The van der Waals surface area contributed by atoms with Crippen LogP contribution >= 0.6 is 0 Å². The van der Waals surface area contributed by atoms with Gasteiger partial charge >= 0.3 is 0 Å². The second kappa shape index (κ2) is 47.1. The van der Waals surface area contributed by atoms with Crippen molar-refractivity contribution >= 4 is 0 Å². The molecule has 1 aliphatic rings. The lowest BCUT2D eigenvalue weighted by Gasteiger charge is -2.24. The average molecular weight is 1890 g/mol. The molecule has 6 aromatic heterocycles. The normalized spacial score (nSPS) is 11.6. The first-order chi connectivity index (χ1) is 69.4. The van der Waals surface area contributed by atoms with Gasteiger partial charge in [0.25, 0.3) is 0 Å². The molecule has 0 unspecified atom stereocenters. The molecule has 0 aliphatic heterocycles. The van der Waals surface area contributed by atoms with Gasteiger partial charge in [-0.2, -0.15) is 0 Å². The number of benzene rings is 13. The molecule has 0 bridgehead atoms. The van der Waals surface area contributed by atoms with Crippen LogP contribution in [0.5, 0.6) is 0 Å². The van der Waals surface area contributed by atoms with E-state index in [0.717, 1.165) is 5.92 Å². The smallest absolute Gasteiger partial charge is 0.201 e. The van der Waals surface area contributed by atoms with Gasteiger partial charge in [0.1, 0.15) is 42.3 Å². The van der Waals surface area contributed by atoms with Crippen LogP contribution in [-0.4, -0.2) is 0 Å². The average Bonchev–Trinajstić information content (AvgIpc) is 0.801. The zero-order valence-corrected chi connectivity index (χ0v) is 89.7. The monoisotopic (exact) mass is 1890 g/mol. The molecule has 20 rings (SSSR count). The van der Waals surface area contributed by atoms with Crippen LogP contribution in [0.3, 0.4) is 0 Å². The van der Waals surface area contributed by atoms with Crippen molar-refractivity contribution in [3.05, 3.63) is 489 Å². The van der Waals surface area contributed by atoms with Gasteiger partial charge in [-0.15, -0.1) is 0 Å². The highest BCUT2D eigenvalue weighted by Gasteiger charge is 2.29. The molecule has 6 heterocycles. The van der Waals surface area contributed by atoms with Gasteiger partial charge in [0.05, 0.1) is 33.4 Å². The SMILES string of the molecule is Cc1cc(C)c(-c2cccc(C)c2-c2cccc[n+]2C)c(C)c1.Cc1ccc(-c2cc(C)c(-c3cccc(C)c3-c3cccc[n+]3C)c(C)c2)cc1.Cc1ccc(-c2ccc(-c3cccc(C)c3-c3cccc[n+]3C)c(C)c2)cc1.Cc1ccc(-c2cccc(C)c2-c2cccc[n+]2C)c(C)c1.Cc1cccc(C)c1-c1cccc(C)c1-c1cccc[n+]1C.Cc1cccc(C2CCCCC2)c1-c1cccc[n+]1C. The first-order valence-electron chi connectivity index (χ1n) is 51.3. The lowest BCUT2D eigenvalue weighted by molar-refractivity contribution is -0.660. The summed E-state index contributed by atoms with van der Waals surface area (Å²) in [5, 5.41) is 0. The predicted molar refractivity (Wildman–Crippen MR) is 607 cm³/mol. The fourth-order valence-electron chi connectivity index (χ4n) is 21.8. The molecule has 0 spiro atoms. The summed E-state index contributed by atoms with van der Waals surface area (Å²) in [4.78, 5) is 0. The van der Waals surface area contributed by atoms with Gasteiger partial charge in [0.15, 0.2) is 37.2 Å². The van der Waals surface area contributed by atoms with E-state index >= 15 is 0 Å². The molecule has 144 heavy (non-hydrogen) atoms. The topological polar surface area (TPSA) is 23.3 Å². The van der Waals surface area contributed by atoms with Crippen LogP contribution in [0.2, 0.25) is 0 Å². The highest BCUT2D eigenvalue weighted by atomic mass is 14.9. The number of hydrogen-bond acceptors (Lipinski definition) is 0. The number of aryl methyl sites for hydroxylation is 24. The zero-order valence-electron chi connectivity index (χ0n) is 89.7. The fraction of sp³-hybridized carbons (Fsp3) is 0.217. The van der Waals surface area contributed by atoms with Crippen LogP contribution < -0.4 is 27.4 Å². The number of pyridine rings is 6. The molecule has 6 nitrogen and oxygen atoms in total. The third-order valence-corrected chi connectivity index (χ3v) is 29.0. The van der Waals surface area contributed by atoms with E-state index in [-0.39, 0.29) is 0 Å². The van der Waals surface area contributed by atoms with Crippen LogP contribution in [0, 0.1) is 125 Å². The van der Waals surface area contributed by atoms with E-state index in [9.17, 15) is 0 Å². The van der Waals surface area contributed by atoms with Crippen LogP contribution in [0.25, 0.3) is 145 Å². The molecule has 722 valence electrons. The van der Waals surface area contributed by atoms with Crippen LogP contribution in [0.4, 0.5) is 0 Å². The van der Waals surface area contributed by atoms with E-state index < -0.39 is 0 Å².